The molecule has 0 spiro atoms. The Bertz CT molecular complexity index is 769. The Morgan fingerprint density at radius 1 is 1.25 bits per heavy atom. The van der Waals surface area contributed by atoms with Crippen molar-refractivity contribution in [3.05, 3.63) is 46.0 Å². The number of aromatic nitrogens is 1. The SMILES string of the molecule is CCOC(=O)c1sc(NC(=S)NC(=O)c2ccc(C)cc2)nc1C. The number of aryl methyl sites for hydroxylation is 2. The molecule has 0 bridgehead atoms. The van der Waals surface area contributed by atoms with Gasteiger partial charge in [0.25, 0.3) is 5.91 Å². The lowest BCUT2D eigenvalue weighted by Gasteiger charge is -2.07. The summed E-state index contributed by atoms with van der Waals surface area (Å²) in [5.41, 5.74) is 2.12. The normalized spacial score (nSPS) is 10.1. The van der Waals surface area contributed by atoms with Gasteiger partial charge >= 0.3 is 5.97 Å². The molecule has 0 fully saturated rings. The molecular formula is C16H17N3O3S2. The Hall–Kier alpha value is -2.32. The van der Waals surface area contributed by atoms with Gasteiger partial charge in [0.2, 0.25) is 0 Å². The highest BCUT2D eigenvalue weighted by molar-refractivity contribution is 7.80. The number of esters is 1. The van der Waals surface area contributed by atoms with Crippen molar-refractivity contribution in [2.24, 2.45) is 0 Å². The Morgan fingerprint density at radius 2 is 1.92 bits per heavy atom. The Balaban J connectivity index is 1.99. The van der Waals surface area contributed by atoms with Gasteiger partial charge < -0.3 is 10.1 Å². The number of thiocarbonyl (C=S) groups is 1. The standard InChI is InChI=1S/C16H17N3O3S2/c1-4-22-14(21)12-10(3)17-16(24-12)19-15(23)18-13(20)11-7-5-9(2)6-8-11/h5-8H,4H2,1-3H3,(H2,17,18,19,20,23). The van der Waals surface area contributed by atoms with Crippen molar-refractivity contribution in [2.75, 3.05) is 11.9 Å². The molecule has 0 aliphatic rings. The number of carbonyl (C=O) groups is 2. The van der Waals surface area contributed by atoms with Crippen LogP contribution in [-0.4, -0.2) is 28.6 Å². The molecule has 2 rings (SSSR count). The van der Waals surface area contributed by atoms with E-state index in [0.717, 1.165) is 16.9 Å². The summed E-state index contributed by atoms with van der Waals surface area (Å²) >= 11 is 6.24. The van der Waals surface area contributed by atoms with E-state index < -0.39 is 5.97 Å². The summed E-state index contributed by atoms with van der Waals surface area (Å²) < 4.78 is 4.96. The minimum Gasteiger partial charge on any atom is -0.462 e. The quantitative estimate of drug-likeness (QED) is 0.642. The van der Waals surface area contributed by atoms with Crippen molar-refractivity contribution in [3.8, 4) is 0 Å². The number of carbonyl (C=O) groups excluding carboxylic acids is 2. The summed E-state index contributed by atoms with van der Waals surface area (Å²) in [6, 6.07) is 7.14. The third-order valence-electron chi connectivity index (χ3n) is 3.02. The predicted molar refractivity (Wildman–Crippen MR) is 97.7 cm³/mol. The van der Waals surface area contributed by atoms with Crippen LogP contribution in [0.4, 0.5) is 5.13 Å². The first-order valence-corrected chi connectivity index (χ1v) is 8.46. The van der Waals surface area contributed by atoms with Crippen LogP contribution in [0, 0.1) is 13.8 Å². The van der Waals surface area contributed by atoms with Crippen LogP contribution < -0.4 is 10.6 Å². The fourth-order valence-electron chi connectivity index (χ4n) is 1.84. The Kier molecular flexibility index (Phi) is 5.99. The zero-order valence-electron chi connectivity index (χ0n) is 13.5. The summed E-state index contributed by atoms with van der Waals surface area (Å²) in [6.07, 6.45) is 0. The first-order valence-electron chi connectivity index (χ1n) is 7.24. The molecule has 0 radical (unpaired) electrons. The summed E-state index contributed by atoms with van der Waals surface area (Å²) in [5, 5.41) is 5.93. The van der Waals surface area contributed by atoms with Crippen molar-refractivity contribution in [3.63, 3.8) is 0 Å². The minimum absolute atomic E-state index is 0.115. The van der Waals surface area contributed by atoms with E-state index in [1.807, 2.05) is 19.1 Å². The average molecular weight is 363 g/mol. The summed E-state index contributed by atoms with van der Waals surface area (Å²) in [4.78, 5) is 28.5. The molecule has 0 saturated carbocycles. The van der Waals surface area contributed by atoms with Crippen LogP contribution in [0.25, 0.3) is 0 Å². The second-order valence-electron chi connectivity index (χ2n) is 4.93. The smallest absolute Gasteiger partial charge is 0.350 e. The van der Waals surface area contributed by atoms with Crippen LogP contribution >= 0.6 is 23.6 Å². The number of hydrogen-bond acceptors (Lipinski definition) is 6. The largest absolute Gasteiger partial charge is 0.462 e. The first-order chi connectivity index (χ1) is 11.4. The number of anilines is 1. The fourth-order valence-corrected chi connectivity index (χ4v) is 2.96. The number of thiazole rings is 1. The van der Waals surface area contributed by atoms with Crippen LogP contribution in [0.2, 0.25) is 0 Å². The molecule has 126 valence electrons. The third-order valence-corrected chi connectivity index (χ3v) is 4.28. The van der Waals surface area contributed by atoms with E-state index in [2.05, 4.69) is 15.6 Å². The molecule has 1 aromatic carbocycles. The van der Waals surface area contributed by atoms with Gasteiger partial charge in [-0.15, -0.1) is 0 Å². The second-order valence-corrected chi connectivity index (χ2v) is 6.34. The van der Waals surface area contributed by atoms with Crippen molar-refractivity contribution in [1.29, 1.82) is 0 Å². The number of hydrogen-bond donors (Lipinski definition) is 2. The number of rotatable bonds is 4. The Labute approximate surface area is 149 Å². The molecule has 2 N–H and O–H groups in total. The number of ether oxygens (including phenoxy) is 1. The molecule has 1 aromatic heterocycles. The van der Waals surface area contributed by atoms with Crippen molar-refractivity contribution < 1.29 is 14.3 Å². The number of amides is 1. The molecule has 0 unspecified atom stereocenters. The van der Waals surface area contributed by atoms with Crippen LogP contribution in [0.3, 0.4) is 0 Å². The molecule has 2 aromatic rings. The maximum atomic E-state index is 12.1. The molecule has 8 heteroatoms. The highest BCUT2D eigenvalue weighted by Gasteiger charge is 2.17. The van der Waals surface area contributed by atoms with Gasteiger partial charge in [-0.05, 0) is 45.1 Å². The lowest BCUT2D eigenvalue weighted by molar-refractivity contribution is 0.0531. The maximum Gasteiger partial charge on any atom is 0.350 e. The van der Waals surface area contributed by atoms with Gasteiger partial charge in [0.15, 0.2) is 10.2 Å². The topological polar surface area (TPSA) is 80.3 Å². The Morgan fingerprint density at radius 3 is 2.54 bits per heavy atom. The van der Waals surface area contributed by atoms with E-state index in [0.29, 0.717) is 27.9 Å². The fraction of sp³-hybridized carbons (Fsp3) is 0.250. The predicted octanol–water partition coefficient (Wildman–Crippen LogP) is 3.06. The molecule has 0 aliphatic carbocycles. The molecule has 0 saturated heterocycles. The van der Waals surface area contributed by atoms with Crippen molar-refractivity contribution >= 4 is 45.7 Å². The van der Waals surface area contributed by atoms with Gasteiger partial charge in [0.1, 0.15) is 4.88 Å². The second kappa shape index (κ2) is 7.98. The van der Waals surface area contributed by atoms with E-state index in [1.165, 1.54) is 0 Å². The van der Waals surface area contributed by atoms with Gasteiger partial charge in [0, 0.05) is 5.56 Å². The number of benzene rings is 1. The molecule has 0 aliphatic heterocycles. The van der Waals surface area contributed by atoms with Gasteiger partial charge in [-0.1, -0.05) is 29.0 Å². The van der Waals surface area contributed by atoms with E-state index in [9.17, 15) is 9.59 Å². The van der Waals surface area contributed by atoms with Gasteiger partial charge in [-0.3, -0.25) is 10.1 Å². The molecule has 0 atom stereocenters. The molecule has 1 amide bonds. The lowest BCUT2D eigenvalue weighted by Crippen LogP contribution is -2.34. The lowest BCUT2D eigenvalue weighted by atomic mass is 10.1. The van der Waals surface area contributed by atoms with Gasteiger partial charge in [0.05, 0.1) is 12.3 Å². The van der Waals surface area contributed by atoms with E-state index >= 15 is 0 Å². The number of nitrogens with zero attached hydrogens (tertiary/aromatic N) is 1. The zero-order valence-corrected chi connectivity index (χ0v) is 15.1. The van der Waals surface area contributed by atoms with Gasteiger partial charge in [-0.25, -0.2) is 9.78 Å². The molecular weight excluding hydrogens is 346 g/mol. The van der Waals surface area contributed by atoms with Crippen LogP contribution in [0.5, 0.6) is 0 Å². The van der Waals surface area contributed by atoms with E-state index in [-0.39, 0.29) is 11.0 Å². The van der Waals surface area contributed by atoms with Crippen LogP contribution in [0.15, 0.2) is 24.3 Å². The van der Waals surface area contributed by atoms with Crippen LogP contribution in [0.1, 0.15) is 38.2 Å². The van der Waals surface area contributed by atoms with Crippen molar-refractivity contribution in [2.45, 2.75) is 20.8 Å². The molecule has 24 heavy (non-hydrogen) atoms. The van der Waals surface area contributed by atoms with Gasteiger partial charge in [-0.2, -0.15) is 0 Å². The number of nitrogens with one attached hydrogen (secondary N) is 2. The minimum atomic E-state index is -0.421. The average Bonchev–Trinajstić information content (AvgIpc) is 2.88. The monoisotopic (exact) mass is 363 g/mol. The maximum absolute atomic E-state index is 12.1. The summed E-state index contributed by atoms with van der Waals surface area (Å²) in [5.74, 6) is -0.735. The highest BCUT2D eigenvalue weighted by atomic mass is 32.1. The van der Waals surface area contributed by atoms with Crippen LogP contribution in [-0.2, 0) is 4.74 Å². The van der Waals surface area contributed by atoms with E-state index in [4.69, 9.17) is 17.0 Å². The summed E-state index contributed by atoms with van der Waals surface area (Å²) in [6.45, 7) is 5.69. The highest BCUT2D eigenvalue weighted by Crippen LogP contribution is 2.23. The first kappa shape index (κ1) is 18.0. The third kappa shape index (κ3) is 4.59. The molecule has 6 nitrogen and oxygen atoms in total. The zero-order chi connectivity index (χ0) is 17.7. The van der Waals surface area contributed by atoms with Crippen molar-refractivity contribution in [1.82, 2.24) is 10.3 Å². The molecule has 1 heterocycles. The summed E-state index contributed by atoms with van der Waals surface area (Å²) in [7, 11) is 0. The van der Waals surface area contributed by atoms with E-state index in [1.54, 1.807) is 26.0 Å².